The van der Waals surface area contributed by atoms with Crippen LogP contribution in [0.5, 0.6) is 5.75 Å². The molecule has 0 radical (unpaired) electrons. The predicted molar refractivity (Wildman–Crippen MR) is 104 cm³/mol. The van der Waals surface area contributed by atoms with Crippen LogP contribution in [0.25, 0.3) is 16.9 Å². The number of esters is 1. The standard InChI is InChI=1S/C21H16N4O3/c1-14(26)24-16-7-9-17(10-8-16)28-21(27)18-13-23-25-19(11-12-22-20(18)25)15-5-3-2-4-6-15/h2-13H,1H3,(H,24,26). The zero-order chi connectivity index (χ0) is 19.5. The Morgan fingerprint density at radius 2 is 1.75 bits per heavy atom. The van der Waals surface area contributed by atoms with Crippen molar-refractivity contribution in [3.63, 3.8) is 0 Å². The minimum atomic E-state index is -0.556. The molecule has 0 saturated heterocycles. The third-order valence-corrected chi connectivity index (χ3v) is 4.08. The zero-order valence-corrected chi connectivity index (χ0v) is 15.0. The van der Waals surface area contributed by atoms with Gasteiger partial charge >= 0.3 is 5.97 Å². The van der Waals surface area contributed by atoms with E-state index in [0.717, 1.165) is 11.3 Å². The van der Waals surface area contributed by atoms with Gasteiger partial charge in [0, 0.05) is 24.4 Å². The molecule has 0 aliphatic rings. The van der Waals surface area contributed by atoms with Gasteiger partial charge in [0.05, 0.1) is 11.9 Å². The van der Waals surface area contributed by atoms with Gasteiger partial charge in [0.15, 0.2) is 5.65 Å². The van der Waals surface area contributed by atoms with E-state index in [9.17, 15) is 9.59 Å². The monoisotopic (exact) mass is 372 g/mol. The van der Waals surface area contributed by atoms with E-state index < -0.39 is 5.97 Å². The molecule has 4 rings (SSSR count). The minimum absolute atomic E-state index is 0.170. The Morgan fingerprint density at radius 3 is 2.46 bits per heavy atom. The summed E-state index contributed by atoms with van der Waals surface area (Å²) >= 11 is 0. The number of carbonyl (C=O) groups is 2. The first-order chi connectivity index (χ1) is 13.6. The van der Waals surface area contributed by atoms with Crippen LogP contribution < -0.4 is 10.1 Å². The number of hydrogen-bond donors (Lipinski definition) is 1. The molecule has 0 bridgehead atoms. The van der Waals surface area contributed by atoms with Crippen molar-refractivity contribution in [2.24, 2.45) is 0 Å². The van der Waals surface area contributed by atoms with Crippen molar-refractivity contribution in [1.82, 2.24) is 14.6 Å². The number of amides is 1. The van der Waals surface area contributed by atoms with E-state index in [4.69, 9.17) is 4.74 Å². The molecule has 0 atom stereocenters. The summed E-state index contributed by atoms with van der Waals surface area (Å²) in [6.45, 7) is 1.43. The van der Waals surface area contributed by atoms with Crippen LogP contribution in [0, 0.1) is 0 Å². The van der Waals surface area contributed by atoms with Crippen molar-refractivity contribution in [2.45, 2.75) is 6.92 Å². The van der Waals surface area contributed by atoms with Crippen molar-refractivity contribution in [3.05, 3.63) is 78.6 Å². The Bertz CT molecular complexity index is 1150. The van der Waals surface area contributed by atoms with Crippen LogP contribution in [0.4, 0.5) is 5.69 Å². The lowest BCUT2D eigenvalue weighted by Gasteiger charge is -2.06. The van der Waals surface area contributed by atoms with Gasteiger partial charge in [0.25, 0.3) is 0 Å². The van der Waals surface area contributed by atoms with Crippen LogP contribution in [-0.2, 0) is 4.79 Å². The number of aromatic nitrogens is 3. The lowest BCUT2D eigenvalue weighted by Crippen LogP contribution is -2.09. The molecule has 0 saturated carbocycles. The van der Waals surface area contributed by atoms with Gasteiger partial charge in [0.2, 0.25) is 5.91 Å². The quantitative estimate of drug-likeness (QED) is 0.437. The number of benzene rings is 2. The highest BCUT2D eigenvalue weighted by atomic mass is 16.5. The van der Waals surface area contributed by atoms with Gasteiger partial charge in [-0.15, -0.1) is 0 Å². The summed E-state index contributed by atoms with van der Waals surface area (Å²) in [6, 6.07) is 18.1. The molecule has 138 valence electrons. The van der Waals surface area contributed by atoms with E-state index in [-0.39, 0.29) is 11.5 Å². The molecule has 4 aromatic rings. The lowest BCUT2D eigenvalue weighted by molar-refractivity contribution is -0.114. The normalized spacial score (nSPS) is 10.6. The van der Waals surface area contributed by atoms with Crippen LogP contribution in [0.15, 0.2) is 73.1 Å². The van der Waals surface area contributed by atoms with E-state index in [0.29, 0.717) is 17.1 Å². The van der Waals surface area contributed by atoms with Crippen molar-refractivity contribution in [1.29, 1.82) is 0 Å². The molecule has 2 aromatic heterocycles. The number of nitrogens with one attached hydrogen (secondary N) is 1. The average Bonchev–Trinajstić information content (AvgIpc) is 3.14. The second-order valence-corrected chi connectivity index (χ2v) is 6.08. The maximum Gasteiger partial charge on any atom is 0.349 e. The summed E-state index contributed by atoms with van der Waals surface area (Å²) in [5, 5.41) is 6.97. The Balaban J connectivity index is 1.61. The summed E-state index contributed by atoms with van der Waals surface area (Å²) in [7, 11) is 0. The lowest BCUT2D eigenvalue weighted by atomic mass is 10.1. The number of nitrogens with zero attached hydrogens (tertiary/aromatic N) is 3. The maximum absolute atomic E-state index is 12.6. The topological polar surface area (TPSA) is 85.6 Å². The van der Waals surface area contributed by atoms with Crippen LogP contribution >= 0.6 is 0 Å². The molecular weight excluding hydrogens is 356 g/mol. The van der Waals surface area contributed by atoms with Crippen molar-refractivity contribution >= 4 is 23.2 Å². The van der Waals surface area contributed by atoms with E-state index >= 15 is 0 Å². The van der Waals surface area contributed by atoms with Gasteiger partial charge in [-0.05, 0) is 30.3 Å². The summed E-state index contributed by atoms with van der Waals surface area (Å²) < 4.78 is 7.04. The molecule has 0 spiro atoms. The molecule has 2 heterocycles. The average molecular weight is 372 g/mol. The van der Waals surface area contributed by atoms with E-state index in [1.165, 1.54) is 13.1 Å². The summed E-state index contributed by atoms with van der Waals surface area (Å²) in [6.07, 6.45) is 3.08. The largest absolute Gasteiger partial charge is 0.423 e. The smallest absolute Gasteiger partial charge is 0.349 e. The van der Waals surface area contributed by atoms with Crippen molar-refractivity contribution in [2.75, 3.05) is 5.32 Å². The number of hydrogen-bond acceptors (Lipinski definition) is 5. The molecule has 2 aromatic carbocycles. The van der Waals surface area contributed by atoms with E-state index in [2.05, 4.69) is 15.4 Å². The first-order valence-corrected chi connectivity index (χ1v) is 8.60. The number of ether oxygens (including phenoxy) is 1. The van der Waals surface area contributed by atoms with Crippen LogP contribution in [-0.4, -0.2) is 26.5 Å². The molecule has 28 heavy (non-hydrogen) atoms. The van der Waals surface area contributed by atoms with E-state index in [1.807, 2.05) is 36.4 Å². The number of anilines is 1. The van der Waals surface area contributed by atoms with Gasteiger partial charge in [-0.3, -0.25) is 4.79 Å². The number of rotatable bonds is 4. The molecule has 7 nitrogen and oxygen atoms in total. The van der Waals surface area contributed by atoms with Crippen LogP contribution in [0.3, 0.4) is 0 Å². The molecular formula is C21H16N4O3. The second-order valence-electron chi connectivity index (χ2n) is 6.08. The van der Waals surface area contributed by atoms with Crippen LogP contribution in [0.2, 0.25) is 0 Å². The van der Waals surface area contributed by atoms with Gasteiger partial charge in [-0.25, -0.2) is 14.3 Å². The zero-order valence-electron chi connectivity index (χ0n) is 15.0. The number of carbonyl (C=O) groups excluding carboxylic acids is 2. The molecule has 1 N–H and O–H groups in total. The highest BCUT2D eigenvalue weighted by molar-refractivity contribution is 5.97. The molecule has 7 heteroatoms. The van der Waals surface area contributed by atoms with Crippen LogP contribution in [0.1, 0.15) is 17.3 Å². The van der Waals surface area contributed by atoms with E-state index in [1.54, 1.807) is 35.0 Å². The SMILES string of the molecule is CC(=O)Nc1ccc(OC(=O)c2cnn3c(-c4ccccc4)ccnc23)cc1. The minimum Gasteiger partial charge on any atom is -0.423 e. The van der Waals surface area contributed by atoms with Crippen molar-refractivity contribution < 1.29 is 14.3 Å². The van der Waals surface area contributed by atoms with Gasteiger partial charge in [-0.1, -0.05) is 30.3 Å². The van der Waals surface area contributed by atoms with Gasteiger partial charge < -0.3 is 10.1 Å². The van der Waals surface area contributed by atoms with Gasteiger partial charge in [0.1, 0.15) is 11.3 Å². The molecule has 1 amide bonds. The summed E-state index contributed by atoms with van der Waals surface area (Å²) in [4.78, 5) is 28.0. The first-order valence-electron chi connectivity index (χ1n) is 8.60. The second kappa shape index (κ2) is 7.32. The molecule has 0 fully saturated rings. The maximum atomic E-state index is 12.6. The predicted octanol–water partition coefficient (Wildman–Crippen LogP) is 3.57. The fraction of sp³-hybridized carbons (Fsp3) is 0.0476. The molecule has 0 aliphatic carbocycles. The van der Waals surface area contributed by atoms with Gasteiger partial charge in [-0.2, -0.15) is 5.10 Å². The highest BCUT2D eigenvalue weighted by Gasteiger charge is 2.18. The Labute approximate surface area is 160 Å². The fourth-order valence-electron chi connectivity index (χ4n) is 2.83. The Hall–Kier alpha value is -4.00. The van der Waals surface area contributed by atoms with Crippen molar-refractivity contribution in [3.8, 4) is 17.0 Å². The fourth-order valence-corrected chi connectivity index (χ4v) is 2.83. The third kappa shape index (κ3) is 3.45. The molecule has 0 aliphatic heterocycles. The Kier molecular flexibility index (Phi) is 4.55. The summed E-state index contributed by atoms with van der Waals surface area (Å²) in [5.41, 5.74) is 3.10. The summed E-state index contributed by atoms with van der Waals surface area (Å²) in [5.74, 6) is -0.367. The third-order valence-electron chi connectivity index (χ3n) is 4.08. The first kappa shape index (κ1) is 17.4. The molecule has 0 unspecified atom stereocenters. The number of fused-ring (bicyclic) bond motifs is 1. The Morgan fingerprint density at radius 1 is 1.00 bits per heavy atom. The highest BCUT2D eigenvalue weighted by Crippen LogP contribution is 2.22.